The molecule has 77 heavy (non-hydrogen) atoms. The van der Waals surface area contributed by atoms with Gasteiger partial charge in [-0.15, -0.1) is 0 Å². The Morgan fingerprint density at radius 3 is 0.922 bits per heavy atom. The maximum Gasteiger partial charge on any atom is 0.305 e. The molecule has 0 aromatic carbocycles. The van der Waals surface area contributed by atoms with E-state index in [-0.39, 0.29) is 18.5 Å². The molecule has 0 aliphatic heterocycles. The highest BCUT2D eigenvalue weighted by molar-refractivity contribution is 5.76. The summed E-state index contributed by atoms with van der Waals surface area (Å²) in [6.45, 7) is 4.92. The summed E-state index contributed by atoms with van der Waals surface area (Å²) in [6.07, 6.45) is 85.0. The topological polar surface area (TPSA) is 95.9 Å². The van der Waals surface area contributed by atoms with Gasteiger partial charge in [-0.05, 0) is 83.5 Å². The highest BCUT2D eigenvalue weighted by Gasteiger charge is 2.18. The molecule has 6 heteroatoms. The summed E-state index contributed by atoms with van der Waals surface area (Å²) in [5.74, 6) is -0.0629. The first-order chi connectivity index (χ1) is 38.0. The zero-order valence-electron chi connectivity index (χ0n) is 52.0. The fourth-order valence-corrected chi connectivity index (χ4v) is 10.8. The minimum atomic E-state index is -0.848. The molecule has 2 atom stereocenters. The lowest BCUT2D eigenvalue weighted by Crippen LogP contribution is -2.45. The number of aliphatic hydroxyl groups is 2. The van der Waals surface area contributed by atoms with Crippen LogP contribution in [-0.2, 0) is 14.3 Å². The molecule has 1 amide bonds. The number of ether oxygens (including phenoxy) is 1. The number of nitrogens with one attached hydrogen (secondary N) is 1. The third kappa shape index (κ3) is 63.1. The molecule has 0 aliphatic rings. The van der Waals surface area contributed by atoms with Crippen LogP contribution in [0.1, 0.15) is 380 Å². The summed E-state index contributed by atoms with van der Waals surface area (Å²) in [7, 11) is 0. The van der Waals surface area contributed by atoms with E-state index in [0.717, 1.165) is 44.9 Å². The van der Waals surface area contributed by atoms with Crippen molar-refractivity contribution in [2.24, 2.45) is 0 Å². The Labute approximate surface area is 481 Å². The summed E-state index contributed by atoms with van der Waals surface area (Å²) in [5, 5.41) is 23.2. The van der Waals surface area contributed by atoms with Crippen LogP contribution in [0.2, 0.25) is 0 Å². The fraction of sp³-hybridized carbons (Fsp3) is 0.887. The van der Waals surface area contributed by atoms with Gasteiger partial charge >= 0.3 is 5.97 Å². The number of allylic oxidation sites excluding steroid dienone is 5. The molecule has 0 spiro atoms. The summed E-state index contributed by atoms with van der Waals surface area (Å²) in [6, 6.07) is -0.631. The van der Waals surface area contributed by atoms with Crippen LogP contribution >= 0.6 is 0 Å². The van der Waals surface area contributed by atoms with Crippen LogP contribution in [0.5, 0.6) is 0 Å². The average molecular weight is 1080 g/mol. The van der Waals surface area contributed by atoms with Gasteiger partial charge in [0.2, 0.25) is 5.91 Å². The van der Waals surface area contributed by atoms with E-state index >= 15 is 0 Å². The number of carbonyl (C=O) groups is 2. The second-order valence-electron chi connectivity index (χ2n) is 23.9. The molecule has 0 aromatic rings. The van der Waals surface area contributed by atoms with Crippen molar-refractivity contribution in [1.82, 2.24) is 5.32 Å². The fourth-order valence-electron chi connectivity index (χ4n) is 10.8. The van der Waals surface area contributed by atoms with E-state index in [1.54, 1.807) is 6.08 Å². The first-order valence-electron chi connectivity index (χ1n) is 34.8. The highest BCUT2D eigenvalue weighted by Crippen LogP contribution is 2.18. The first-order valence-corrected chi connectivity index (χ1v) is 34.8. The van der Waals surface area contributed by atoms with Crippen molar-refractivity contribution in [2.45, 2.75) is 392 Å². The van der Waals surface area contributed by atoms with Gasteiger partial charge in [-0.25, -0.2) is 0 Å². The Balaban J connectivity index is 3.43. The zero-order valence-corrected chi connectivity index (χ0v) is 52.0. The number of aliphatic hydroxyl groups excluding tert-OH is 2. The second-order valence-corrected chi connectivity index (χ2v) is 23.9. The van der Waals surface area contributed by atoms with Gasteiger partial charge in [0.05, 0.1) is 25.4 Å². The summed E-state index contributed by atoms with van der Waals surface area (Å²) in [4.78, 5) is 24.6. The van der Waals surface area contributed by atoms with Crippen LogP contribution in [0.3, 0.4) is 0 Å². The largest absolute Gasteiger partial charge is 0.466 e. The third-order valence-electron chi connectivity index (χ3n) is 16.1. The van der Waals surface area contributed by atoms with E-state index in [0.29, 0.717) is 19.4 Å². The predicted molar refractivity (Wildman–Crippen MR) is 338 cm³/mol. The van der Waals surface area contributed by atoms with E-state index in [1.807, 2.05) is 6.08 Å². The van der Waals surface area contributed by atoms with Gasteiger partial charge in [0.15, 0.2) is 0 Å². The number of hydrogen-bond acceptors (Lipinski definition) is 5. The van der Waals surface area contributed by atoms with Gasteiger partial charge in [0, 0.05) is 12.8 Å². The molecular weight excluding hydrogens is 947 g/mol. The van der Waals surface area contributed by atoms with Gasteiger partial charge in [0.25, 0.3) is 0 Å². The Hall–Kier alpha value is -1.92. The zero-order chi connectivity index (χ0) is 55.7. The number of hydrogen-bond donors (Lipinski definition) is 3. The molecule has 0 bridgehead atoms. The van der Waals surface area contributed by atoms with Crippen molar-refractivity contribution in [3.63, 3.8) is 0 Å². The number of carbonyl (C=O) groups excluding carboxylic acids is 2. The minimum Gasteiger partial charge on any atom is -0.466 e. The molecule has 454 valence electrons. The standard InChI is InChI=1S/C71H135NO5/c1-3-5-7-9-11-13-15-17-19-20-21-27-30-33-36-39-43-47-51-55-59-63-69(74)68(67-73)72-70(75)64-60-56-52-48-44-40-37-34-31-28-25-23-22-24-26-29-32-35-38-42-46-50-54-58-62-66-77-71(76)65-61-57-53-49-45-41-18-16-14-12-10-8-6-4-2/h16,18,23,25,59,63,68-69,73-74H,3-15,17,19-22,24,26-58,60-62,64-67H2,1-2H3,(H,72,75)/b18-16-,25-23-,63-59+. The predicted octanol–water partition coefficient (Wildman–Crippen LogP) is 22.3. The van der Waals surface area contributed by atoms with Gasteiger partial charge in [0.1, 0.15) is 0 Å². The second kappa shape index (κ2) is 66.6. The van der Waals surface area contributed by atoms with E-state index in [9.17, 15) is 19.8 Å². The summed E-state index contributed by atoms with van der Waals surface area (Å²) >= 11 is 0. The number of esters is 1. The lowest BCUT2D eigenvalue weighted by molar-refractivity contribution is -0.143. The monoisotopic (exact) mass is 1080 g/mol. The van der Waals surface area contributed by atoms with Crippen molar-refractivity contribution in [3.05, 3.63) is 36.5 Å². The number of unbranched alkanes of at least 4 members (excludes halogenated alkanes) is 50. The molecule has 3 N–H and O–H groups in total. The van der Waals surface area contributed by atoms with Crippen LogP contribution in [0.25, 0.3) is 0 Å². The van der Waals surface area contributed by atoms with E-state index in [1.165, 1.54) is 308 Å². The van der Waals surface area contributed by atoms with Crippen LogP contribution in [-0.4, -0.2) is 47.4 Å². The van der Waals surface area contributed by atoms with E-state index in [4.69, 9.17) is 4.74 Å². The van der Waals surface area contributed by atoms with Crippen LogP contribution < -0.4 is 5.32 Å². The number of amides is 1. The highest BCUT2D eigenvalue weighted by atomic mass is 16.5. The average Bonchev–Trinajstić information content (AvgIpc) is 3.43. The number of rotatable bonds is 65. The molecule has 6 nitrogen and oxygen atoms in total. The normalized spacial score (nSPS) is 12.7. The molecule has 0 aliphatic carbocycles. The van der Waals surface area contributed by atoms with Crippen molar-refractivity contribution < 1.29 is 24.5 Å². The van der Waals surface area contributed by atoms with Crippen LogP contribution in [0.15, 0.2) is 36.5 Å². The van der Waals surface area contributed by atoms with Gasteiger partial charge in [-0.1, -0.05) is 320 Å². The Morgan fingerprint density at radius 1 is 0.351 bits per heavy atom. The lowest BCUT2D eigenvalue weighted by atomic mass is 10.0. The molecule has 0 radical (unpaired) electrons. The van der Waals surface area contributed by atoms with Crippen LogP contribution in [0.4, 0.5) is 0 Å². The molecule has 2 unspecified atom stereocenters. The maximum atomic E-state index is 12.5. The minimum absolute atomic E-state index is 0.00486. The van der Waals surface area contributed by atoms with Gasteiger partial charge in [-0.3, -0.25) is 9.59 Å². The molecule has 0 fully saturated rings. The Morgan fingerprint density at radius 2 is 0.610 bits per heavy atom. The van der Waals surface area contributed by atoms with Gasteiger partial charge in [-0.2, -0.15) is 0 Å². The van der Waals surface area contributed by atoms with Crippen molar-refractivity contribution in [3.8, 4) is 0 Å². The maximum absolute atomic E-state index is 12.5. The van der Waals surface area contributed by atoms with Crippen molar-refractivity contribution in [1.29, 1.82) is 0 Å². The summed E-state index contributed by atoms with van der Waals surface area (Å²) in [5.41, 5.74) is 0. The summed E-state index contributed by atoms with van der Waals surface area (Å²) < 4.78 is 5.48. The third-order valence-corrected chi connectivity index (χ3v) is 16.1. The molecule has 0 saturated heterocycles. The Kier molecular flexibility index (Phi) is 64.9. The van der Waals surface area contributed by atoms with Crippen molar-refractivity contribution >= 4 is 11.9 Å². The lowest BCUT2D eigenvalue weighted by Gasteiger charge is -2.20. The van der Waals surface area contributed by atoms with Crippen molar-refractivity contribution in [2.75, 3.05) is 13.2 Å². The molecular formula is C71H135NO5. The van der Waals surface area contributed by atoms with Crippen LogP contribution in [0, 0.1) is 0 Å². The molecule has 0 aromatic heterocycles. The van der Waals surface area contributed by atoms with Gasteiger partial charge < -0.3 is 20.3 Å². The van der Waals surface area contributed by atoms with E-state index in [2.05, 4.69) is 43.5 Å². The molecule has 0 saturated carbocycles. The molecule has 0 heterocycles. The SMILES string of the molecule is CCCCCCC/C=C\CCCCCCCC(=O)OCCCCCCCCCCCCCC/C=C\CCCCCCCCCCCC(=O)NC(CO)C(O)/C=C/CCCCCCCCCCCCCCCCCCCCC. The quantitative estimate of drug-likeness (QED) is 0.0320. The smallest absolute Gasteiger partial charge is 0.305 e. The first kappa shape index (κ1) is 75.1. The Bertz CT molecular complexity index is 1250. The molecule has 0 rings (SSSR count). The van der Waals surface area contributed by atoms with E-state index < -0.39 is 12.1 Å².